The third kappa shape index (κ3) is 7.61. The summed E-state index contributed by atoms with van der Waals surface area (Å²) >= 11 is 0. The Labute approximate surface area is 195 Å². The van der Waals surface area contributed by atoms with Crippen molar-refractivity contribution < 1.29 is 38.1 Å². The topological polar surface area (TPSA) is 105 Å². The molecule has 8 heteroatoms. The van der Waals surface area contributed by atoms with Gasteiger partial charge in [-0.2, -0.15) is 0 Å². The normalized spacial score (nSPS) is 10.0. The Morgan fingerprint density at radius 2 is 0.971 bits per heavy atom. The molecule has 0 amide bonds. The first kappa shape index (κ1) is 25.3. The second-order valence-corrected chi connectivity index (χ2v) is 6.28. The van der Waals surface area contributed by atoms with E-state index in [0.717, 1.165) is 24.3 Å². The summed E-state index contributed by atoms with van der Waals surface area (Å²) < 4.78 is 20.5. The van der Waals surface area contributed by atoms with Crippen molar-refractivity contribution in [3.8, 4) is 23.0 Å². The van der Waals surface area contributed by atoms with E-state index in [9.17, 15) is 19.2 Å². The zero-order valence-corrected chi connectivity index (χ0v) is 18.0. The fourth-order valence-electron chi connectivity index (χ4n) is 2.41. The molecule has 0 aliphatic carbocycles. The van der Waals surface area contributed by atoms with Crippen molar-refractivity contribution in [2.75, 3.05) is 0 Å². The van der Waals surface area contributed by atoms with Crippen molar-refractivity contribution in [3.63, 3.8) is 0 Å². The van der Waals surface area contributed by atoms with Crippen molar-refractivity contribution in [3.05, 3.63) is 98.1 Å². The molecule has 0 radical (unpaired) electrons. The summed E-state index contributed by atoms with van der Waals surface area (Å²) in [5.41, 5.74) is 1.07. The largest absolute Gasteiger partial charge is 0.423 e. The Morgan fingerprint density at radius 1 is 0.529 bits per heavy atom. The molecule has 172 valence electrons. The second-order valence-electron chi connectivity index (χ2n) is 6.28. The molecule has 0 fully saturated rings. The molecule has 0 unspecified atom stereocenters. The number of hydrogen-bond acceptors (Lipinski definition) is 8. The number of ether oxygens (including phenoxy) is 4. The van der Waals surface area contributed by atoms with Crippen molar-refractivity contribution in [1.82, 2.24) is 0 Å². The van der Waals surface area contributed by atoms with E-state index in [2.05, 4.69) is 26.3 Å². The lowest BCUT2D eigenvalue weighted by atomic mass is 10.1. The number of hydrogen-bond donors (Lipinski definition) is 0. The van der Waals surface area contributed by atoms with Gasteiger partial charge in [0.1, 0.15) is 11.5 Å². The maximum absolute atomic E-state index is 11.7. The summed E-state index contributed by atoms with van der Waals surface area (Å²) in [5.74, 6) is -2.64. The van der Waals surface area contributed by atoms with Gasteiger partial charge in [-0.3, -0.25) is 0 Å². The highest BCUT2D eigenvalue weighted by atomic mass is 16.6. The molecule has 0 N–H and O–H groups in total. The Morgan fingerprint density at radius 3 is 1.47 bits per heavy atom. The zero-order valence-electron chi connectivity index (χ0n) is 18.0. The minimum Gasteiger partial charge on any atom is -0.423 e. The predicted molar refractivity (Wildman–Crippen MR) is 125 cm³/mol. The summed E-state index contributed by atoms with van der Waals surface area (Å²) in [6.45, 7) is 13.3. The number of benzene rings is 2. The van der Waals surface area contributed by atoms with Crippen LogP contribution >= 0.6 is 0 Å². The molecule has 0 saturated carbocycles. The smallest absolute Gasteiger partial charge is 0.335 e. The van der Waals surface area contributed by atoms with Crippen LogP contribution in [0, 0.1) is 0 Å². The molecule has 2 aromatic carbocycles. The number of esters is 4. The molecule has 8 nitrogen and oxygen atoms in total. The molecule has 0 heterocycles. The van der Waals surface area contributed by atoms with Gasteiger partial charge in [0.25, 0.3) is 0 Å². The molecule has 2 aromatic rings. The van der Waals surface area contributed by atoms with Crippen LogP contribution in [0.25, 0.3) is 12.2 Å². The second kappa shape index (κ2) is 12.2. The van der Waals surface area contributed by atoms with E-state index in [4.69, 9.17) is 18.9 Å². The Balaban J connectivity index is 2.41. The molecule has 0 saturated heterocycles. The lowest BCUT2D eigenvalue weighted by molar-refractivity contribution is -0.131. The third-order valence-electron chi connectivity index (χ3n) is 3.86. The van der Waals surface area contributed by atoms with E-state index < -0.39 is 23.9 Å². The molecule has 0 bridgehead atoms. The van der Waals surface area contributed by atoms with Gasteiger partial charge in [-0.1, -0.05) is 44.5 Å². The summed E-state index contributed by atoms with van der Waals surface area (Å²) in [6, 6.07) is 8.92. The molecule has 2 rings (SSSR count). The maximum atomic E-state index is 11.7. The van der Waals surface area contributed by atoms with Crippen LogP contribution in [0.15, 0.2) is 87.0 Å². The molecule has 0 spiro atoms. The van der Waals surface area contributed by atoms with Crippen LogP contribution in [0.5, 0.6) is 23.0 Å². The summed E-state index contributed by atoms with van der Waals surface area (Å²) in [6.07, 6.45) is 7.17. The molecular formula is C26H20O8. The fraction of sp³-hybridized carbons (Fsp3) is 0. The average molecular weight is 460 g/mol. The lowest BCUT2D eigenvalue weighted by Crippen LogP contribution is -2.08. The van der Waals surface area contributed by atoms with Crippen LogP contribution in [0.4, 0.5) is 0 Å². The maximum Gasteiger partial charge on any atom is 0.335 e. The van der Waals surface area contributed by atoms with E-state index in [1.54, 1.807) is 18.2 Å². The standard InChI is InChI=1S/C26H20O8/c1-5-23(27)31-19-13-18(14-20(16-19)32-24(28)6-2)10-9-17-11-12-21(33-25(29)7-3)22(15-17)34-26(30)8-4/h5-16H,1-4H2. The molecule has 0 aliphatic heterocycles. The first-order chi connectivity index (χ1) is 16.3. The quantitative estimate of drug-likeness (QED) is 0.225. The lowest BCUT2D eigenvalue weighted by Gasteiger charge is -2.10. The first-order valence-electron chi connectivity index (χ1n) is 9.62. The summed E-state index contributed by atoms with van der Waals surface area (Å²) in [5, 5.41) is 0. The van der Waals surface area contributed by atoms with Gasteiger partial charge in [0.15, 0.2) is 11.5 Å². The van der Waals surface area contributed by atoms with Gasteiger partial charge in [-0.25, -0.2) is 19.2 Å². The van der Waals surface area contributed by atoms with Crippen molar-refractivity contribution in [1.29, 1.82) is 0 Å². The molecule has 0 atom stereocenters. The highest BCUT2D eigenvalue weighted by Gasteiger charge is 2.12. The zero-order chi connectivity index (χ0) is 25.1. The molecule has 34 heavy (non-hydrogen) atoms. The fourth-order valence-corrected chi connectivity index (χ4v) is 2.41. The molecule has 0 aromatic heterocycles. The van der Waals surface area contributed by atoms with Gasteiger partial charge in [-0.05, 0) is 35.4 Å². The number of rotatable bonds is 10. The van der Waals surface area contributed by atoms with Gasteiger partial charge in [0.2, 0.25) is 0 Å². The van der Waals surface area contributed by atoms with Crippen molar-refractivity contribution in [2.24, 2.45) is 0 Å². The minimum absolute atomic E-state index is 0.00853. The molecular weight excluding hydrogens is 440 g/mol. The van der Waals surface area contributed by atoms with Crippen LogP contribution < -0.4 is 18.9 Å². The number of carbonyl (C=O) groups is 4. The van der Waals surface area contributed by atoms with Crippen molar-refractivity contribution >= 4 is 36.0 Å². The Bertz CT molecular complexity index is 1160. The number of carbonyl (C=O) groups excluding carboxylic acids is 4. The van der Waals surface area contributed by atoms with E-state index in [-0.39, 0.29) is 23.0 Å². The van der Waals surface area contributed by atoms with E-state index >= 15 is 0 Å². The van der Waals surface area contributed by atoms with Crippen LogP contribution in [-0.2, 0) is 19.2 Å². The van der Waals surface area contributed by atoms with Gasteiger partial charge < -0.3 is 18.9 Å². The van der Waals surface area contributed by atoms with Crippen LogP contribution in [0.2, 0.25) is 0 Å². The van der Waals surface area contributed by atoms with Gasteiger partial charge in [-0.15, -0.1) is 0 Å². The average Bonchev–Trinajstić information content (AvgIpc) is 2.83. The van der Waals surface area contributed by atoms with E-state index in [1.165, 1.54) is 30.3 Å². The highest BCUT2D eigenvalue weighted by Crippen LogP contribution is 2.30. The Hall–Kier alpha value is -4.98. The summed E-state index contributed by atoms with van der Waals surface area (Å²) in [7, 11) is 0. The van der Waals surface area contributed by atoms with E-state index in [0.29, 0.717) is 11.1 Å². The predicted octanol–water partition coefficient (Wildman–Crippen LogP) is 4.22. The highest BCUT2D eigenvalue weighted by molar-refractivity contribution is 5.87. The van der Waals surface area contributed by atoms with Crippen LogP contribution in [0.1, 0.15) is 11.1 Å². The minimum atomic E-state index is -0.748. The van der Waals surface area contributed by atoms with Crippen LogP contribution in [0.3, 0.4) is 0 Å². The SMILES string of the molecule is C=CC(=O)Oc1cc(C=Cc2ccc(OC(=O)C=C)c(OC(=O)C=C)c2)cc(OC(=O)C=C)c1. The van der Waals surface area contributed by atoms with Gasteiger partial charge in [0, 0.05) is 30.4 Å². The van der Waals surface area contributed by atoms with Crippen molar-refractivity contribution in [2.45, 2.75) is 0 Å². The Kier molecular flexibility index (Phi) is 9.04. The third-order valence-corrected chi connectivity index (χ3v) is 3.86. The van der Waals surface area contributed by atoms with Gasteiger partial charge in [0.05, 0.1) is 0 Å². The van der Waals surface area contributed by atoms with E-state index in [1.807, 2.05) is 0 Å². The van der Waals surface area contributed by atoms with Crippen LogP contribution in [-0.4, -0.2) is 23.9 Å². The van der Waals surface area contributed by atoms with Gasteiger partial charge >= 0.3 is 23.9 Å². The first-order valence-corrected chi connectivity index (χ1v) is 9.62. The monoisotopic (exact) mass is 460 g/mol. The summed E-state index contributed by atoms with van der Waals surface area (Å²) in [4.78, 5) is 46.3. The molecule has 0 aliphatic rings.